The van der Waals surface area contributed by atoms with Crippen LogP contribution in [-0.4, -0.2) is 53.6 Å². The van der Waals surface area contributed by atoms with Crippen molar-refractivity contribution >= 4 is 0 Å². The van der Waals surface area contributed by atoms with Crippen molar-refractivity contribution in [3.63, 3.8) is 0 Å². The van der Waals surface area contributed by atoms with E-state index in [9.17, 15) is 13.2 Å². The molecule has 0 aliphatic carbocycles. The van der Waals surface area contributed by atoms with Gasteiger partial charge in [0, 0.05) is 13.1 Å². The zero-order chi connectivity index (χ0) is 11.2. The van der Waals surface area contributed by atoms with Crippen molar-refractivity contribution < 1.29 is 23.4 Å². The topological polar surface area (TPSA) is 43.7 Å². The molecule has 0 aliphatic heterocycles. The van der Waals surface area contributed by atoms with Crippen LogP contribution in [0.3, 0.4) is 0 Å². The standard InChI is InChI=1S/C8H16F3NO2/c1-2-3-12(4-5-13)6-7(14)8(9,10)11/h7,13-14H,2-6H2,1H3. The number of hydrogen-bond donors (Lipinski definition) is 2. The lowest BCUT2D eigenvalue weighted by Gasteiger charge is -2.24. The third kappa shape index (κ3) is 5.41. The van der Waals surface area contributed by atoms with E-state index in [1.807, 2.05) is 6.92 Å². The number of alkyl halides is 3. The molecule has 0 amide bonds. The SMILES string of the molecule is CCCN(CCO)CC(O)C(F)(F)F. The summed E-state index contributed by atoms with van der Waals surface area (Å²) in [6.45, 7) is 1.74. The summed E-state index contributed by atoms with van der Waals surface area (Å²) in [5.74, 6) is 0. The molecular formula is C8H16F3NO2. The Balaban J connectivity index is 4.01. The zero-order valence-corrected chi connectivity index (χ0v) is 8.09. The lowest BCUT2D eigenvalue weighted by molar-refractivity contribution is -0.208. The highest BCUT2D eigenvalue weighted by Gasteiger charge is 2.38. The van der Waals surface area contributed by atoms with E-state index in [0.717, 1.165) is 0 Å². The Morgan fingerprint density at radius 1 is 1.29 bits per heavy atom. The third-order valence-corrected chi connectivity index (χ3v) is 1.77. The van der Waals surface area contributed by atoms with Crippen molar-refractivity contribution in [1.29, 1.82) is 0 Å². The van der Waals surface area contributed by atoms with Gasteiger partial charge >= 0.3 is 6.18 Å². The number of rotatable bonds is 6. The van der Waals surface area contributed by atoms with Gasteiger partial charge in [0.2, 0.25) is 0 Å². The zero-order valence-electron chi connectivity index (χ0n) is 8.09. The van der Waals surface area contributed by atoms with Crippen LogP contribution >= 0.6 is 0 Å². The minimum Gasteiger partial charge on any atom is -0.395 e. The summed E-state index contributed by atoms with van der Waals surface area (Å²) < 4.78 is 35.9. The smallest absolute Gasteiger partial charge is 0.395 e. The Morgan fingerprint density at radius 2 is 1.86 bits per heavy atom. The van der Waals surface area contributed by atoms with Crippen molar-refractivity contribution in [2.75, 3.05) is 26.2 Å². The lowest BCUT2D eigenvalue weighted by atomic mass is 10.3. The van der Waals surface area contributed by atoms with Crippen molar-refractivity contribution in [2.45, 2.75) is 25.6 Å². The van der Waals surface area contributed by atoms with Crippen LogP contribution in [-0.2, 0) is 0 Å². The molecule has 3 nitrogen and oxygen atoms in total. The van der Waals surface area contributed by atoms with E-state index in [1.54, 1.807) is 0 Å². The Hall–Kier alpha value is -0.330. The van der Waals surface area contributed by atoms with Gasteiger partial charge in [-0.1, -0.05) is 6.92 Å². The molecule has 0 fully saturated rings. The summed E-state index contributed by atoms with van der Waals surface area (Å²) in [4.78, 5) is 1.39. The molecule has 0 radical (unpaired) electrons. The lowest BCUT2D eigenvalue weighted by Crippen LogP contribution is -2.42. The molecular weight excluding hydrogens is 199 g/mol. The van der Waals surface area contributed by atoms with Gasteiger partial charge in [0.25, 0.3) is 0 Å². The first-order chi connectivity index (χ1) is 6.41. The summed E-state index contributed by atoms with van der Waals surface area (Å²) in [5.41, 5.74) is 0. The highest BCUT2D eigenvalue weighted by atomic mass is 19.4. The number of hydrogen-bond acceptors (Lipinski definition) is 3. The minimum absolute atomic E-state index is 0.154. The van der Waals surface area contributed by atoms with E-state index in [-0.39, 0.29) is 13.2 Å². The van der Waals surface area contributed by atoms with Gasteiger partial charge < -0.3 is 10.2 Å². The van der Waals surface area contributed by atoms with Crippen molar-refractivity contribution in [3.8, 4) is 0 Å². The Bertz CT molecular complexity index is 146. The molecule has 1 atom stereocenters. The monoisotopic (exact) mass is 215 g/mol. The van der Waals surface area contributed by atoms with E-state index in [1.165, 1.54) is 4.90 Å². The maximum absolute atomic E-state index is 12.0. The van der Waals surface area contributed by atoms with Crippen molar-refractivity contribution in [3.05, 3.63) is 0 Å². The van der Waals surface area contributed by atoms with E-state index in [0.29, 0.717) is 13.0 Å². The Kier molecular flexibility index (Phi) is 6.06. The minimum atomic E-state index is -4.58. The summed E-state index contributed by atoms with van der Waals surface area (Å²) in [5, 5.41) is 17.3. The molecule has 14 heavy (non-hydrogen) atoms. The average molecular weight is 215 g/mol. The molecule has 0 rings (SSSR count). The van der Waals surface area contributed by atoms with Gasteiger partial charge in [-0.05, 0) is 13.0 Å². The molecule has 0 spiro atoms. The molecule has 0 aromatic heterocycles. The fraction of sp³-hybridized carbons (Fsp3) is 1.00. The molecule has 0 aliphatic rings. The second-order valence-electron chi connectivity index (χ2n) is 3.08. The van der Waals surface area contributed by atoms with E-state index in [4.69, 9.17) is 10.2 Å². The van der Waals surface area contributed by atoms with Crippen LogP contribution in [0.15, 0.2) is 0 Å². The molecule has 6 heteroatoms. The quantitative estimate of drug-likeness (QED) is 0.682. The number of aliphatic hydroxyl groups is 2. The average Bonchev–Trinajstić information content (AvgIpc) is 2.03. The highest BCUT2D eigenvalue weighted by Crippen LogP contribution is 2.20. The number of aliphatic hydroxyl groups excluding tert-OH is 2. The fourth-order valence-corrected chi connectivity index (χ4v) is 1.10. The molecule has 0 heterocycles. The van der Waals surface area contributed by atoms with Crippen LogP contribution in [0.25, 0.3) is 0 Å². The predicted molar refractivity (Wildman–Crippen MR) is 45.9 cm³/mol. The first kappa shape index (κ1) is 13.7. The van der Waals surface area contributed by atoms with Crippen LogP contribution < -0.4 is 0 Å². The second-order valence-corrected chi connectivity index (χ2v) is 3.08. The molecule has 1 unspecified atom stereocenters. The molecule has 0 aromatic carbocycles. The van der Waals surface area contributed by atoms with E-state index >= 15 is 0 Å². The summed E-state index contributed by atoms with van der Waals surface area (Å²) in [6, 6.07) is 0. The maximum atomic E-state index is 12.0. The van der Waals surface area contributed by atoms with Crippen LogP contribution in [0.4, 0.5) is 13.2 Å². The fourth-order valence-electron chi connectivity index (χ4n) is 1.10. The van der Waals surface area contributed by atoms with Gasteiger partial charge in [-0.25, -0.2) is 0 Å². The van der Waals surface area contributed by atoms with E-state index < -0.39 is 18.8 Å². The third-order valence-electron chi connectivity index (χ3n) is 1.77. The molecule has 0 aromatic rings. The van der Waals surface area contributed by atoms with Gasteiger partial charge in [-0.2, -0.15) is 13.2 Å². The first-order valence-corrected chi connectivity index (χ1v) is 4.49. The molecule has 2 N–H and O–H groups in total. The van der Waals surface area contributed by atoms with Gasteiger partial charge in [0.1, 0.15) is 0 Å². The molecule has 86 valence electrons. The summed E-state index contributed by atoms with van der Waals surface area (Å²) in [6.07, 6.45) is -6.23. The molecule has 0 bridgehead atoms. The molecule has 0 saturated heterocycles. The predicted octanol–water partition coefficient (Wildman–Crippen LogP) is 0.614. The second kappa shape index (κ2) is 6.21. The van der Waals surface area contributed by atoms with Crippen molar-refractivity contribution in [1.82, 2.24) is 4.90 Å². The van der Waals surface area contributed by atoms with E-state index in [2.05, 4.69) is 0 Å². The summed E-state index contributed by atoms with van der Waals surface area (Å²) >= 11 is 0. The largest absolute Gasteiger partial charge is 0.415 e. The normalized spacial score (nSPS) is 14.8. The van der Waals surface area contributed by atoms with Gasteiger partial charge in [0.05, 0.1) is 6.61 Å². The maximum Gasteiger partial charge on any atom is 0.415 e. The summed E-state index contributed by atoms with van der Waals surface area (Å²) in [7, 11) is 0. The Morgan fingerprint density at radius 3 is 2.21 bits per heavy atom. The van der Waals surface area contributed by atoms with Crippen LogP contribution in [0.2, 0.25) is 0 Å². The number of nitrogens with zero attached hydrogens (tertiary/aromatic N) is 1. The van der Waals surface area contributed by atoms with Gasteiger partial charge in [-0.15, -0.1) is 0 Å². The van der Waals surface area contributed by atoms with Crippen LogP contribution in [0.1, 0.15) is 13.3 Å². The highest BCUT2D eigenvalue weighted by molar-refractivity contribution is 4.70. The first-order valence-electron chi connectivity index (χ1n) is 4.49. The van der Waals surface area contributed by atoms with Crippen molar-refractivity contribution in [2.24, 2.45) is 0 Å². The Labute approximate surface area is 81.1 Å². The number of halogens is 3. The van der Waals surface area contributed by atoms with Gasteiger partial charge in [-0.3, -0.25) is 4.90 Å². The molecule has 0 saturated carbocycles. The van der Waals surface area contributed by atoms with Gasteiger partial charge in [0.15, 0.2) is 6.10 Å². The van der Waals surface area contributed by atoms with Crippen LogP contribution in [0.5, 0.6) is 0 Å². The van der Waals surface area contributed by atoms with Crippen LogP contribution in [0, 0.1) is 0 Å².